The van der Waals surface area contributed by atoms with Crippen molar-refractivity contribution in [1.29, 1.82) is 0 Å². The van der Waals surface area contributed by atoms with Gasteiger partial charge in [0.1, 0.15) is 18.1 Å². The summed E-state index contributed by atoms with van der Waals surface area (Å²) in [4.78, 5) is 62.9. The summed E-state index contributed by atoms with van der Waals surface area (Å²) < 4.78 is 11.8. The smallest absolute Gasteiger partial charge is 0.306 e. The zero-order valence-corrected chi connectivity index (χ0v) is 27.8. The van der Waals surface area contributed by atoms with Crippen molar-refractivity contribution in [1.82, 2.24) is 4.90 Å². The molecule has 2 aromatic rings. The van der Waals surface area contributed by atoms with E-state index in [2.05, 4.69) is 18.0 Å². The number of hydrogen-bond acceptors (Lipinski definition) is 11. The Balaban J connectivity index is 2.01. The van der Waals surface area contributed by atoms with Crippen molar-refractivity contribution in [3.8, 4) is 18.1 Å². The molecule has 1 amide bonds. The van der Waals surface area contributed by atoms with Gasteiger partial charge >= 0.3 is 5.97 Å². The van der Waals surface area contributed by atoms with Crippen LogP contribution < -0.4 is 10.2 Å². The summed E-state index contributed by atoms with van der Waals surface area (Å²) in [5.74, 6) is 5.26. The second-order valence-electron chi connectivity index (χ2n) is 9.59. The van der Waals surface area contributed by atoms with Crippen LogP contribution in [-0.2, 0) is 19.1 Å². The van der Waals surface area contributed by atoms with Gasteiger partial charge in [-0.2, -0.15) is 28.4 Å². The van der Waals surface area contributed by atoms with E-state index in [0.717, 1.165) is 22.6 Å². The van der Waals surface area contributed by atoms with Gasteiger partial charge in [0.15, 0.2) is 12.0 Å². The lowest BCUT2D eigenvalue weighted by Crippen LogP contribution is -2.38. The Labute approximate surface area is 271 Å². The van der Waals surface area contributed by atoms with Crippen molar-refractivity contribution >= 4 is 68.7 Å². The minimum atomic E-state index is -0.393. The van der Waals surface area contributed by atoms with Crippen LogP contribution in [-0.4, -0.2) is 78.4 Å². The van der Waals surface area contributed by atoms with Crippen molar-refractivity contribution in [2.45, 2.75) is 46.0 Å². The summed E-state index contributed by atoms with van der Waals surface area (Å²) in [6.07, 6.45) is 11.7. The van der Waals surface area contributed by atoms with Crippen LogP contribution in [0.15, 0.2) is 34.2 Å². The lowest BCUT2D eigenvalue weighted by atomic mass is 10.1. The van der Waals surface area contributed by atoms with Crippen molar-refractivity contribution in [3.05, 3.63) is 49.8 Å². The minimum absolute atomic E-state index is 0.00881. The van der Waals surface area contributed by atoms with Crippen LogP contribution in [0.2, 0.25) is 0 Å². The van der Waals surface area contributed by atoms with Gasteiger partial charge in [-0.3, -0.25) is 19.2 Å². The molecule has 238 valence electrons. The second kappa shape index (κ2) is 21.5. The fourth-order valence-electron chi connectivity index (χ4n) is 4.03. The van der Waals surface area contributed by atoms with E-state index in [1.807, 2.05) is 6.92 Å². The van der Waals surface area contributed by atoms with Crippen LogP contribution in [0, 0.1) is 17.3 Å². The molecule has 1 aromatic heterocycles. The highest BCUT2D eigenvalue weighted by molar-refractivity contribution is 7.99. The molecule has 1 aromatic carbocycles. The Kier molecular flexibility index (Phi) is 18.1. The maximum Gasteiger partial charge on any atom is 0.306 e. The monoisotopic (exact) mass is 660 g/mol. The number of nitroso groups, excluding NO2 is 1. The number of carbonyl (C=O) groups is 3. The number of amides is 1. The molecule has 0 spiro atoms. The molecule has 0 aliphatic carbocycles. The summed E-state index contributed by atoms with van der Waals surface area (Å²) in [6, 6.07) is 5.04. The normalized spacial score (nSPS) is 10.9. The van der Waals surface area contributed by atoms with Gasteiger partial charge in [-0.05, 0) is 43.7 Å². The third-order valence-corrected chi connectivity index (χ3v) is 9.51. The number of thioether (sulfide) groups is 2. The van der Waals surface area contributed by atoms with Crippen molar-refractivity contribution in [2.24, 2.45) is 5.18 Å². The number of Topliss-reactive ketones (excluding diaryl/α,β-unsaturated/α-hetero) is 1. The standard InChI is InChI=1S/C32H40N2O7S3/c1-4-8-26-28(6-3)44-29-11-10-25(22-27(29)32(26)38)41-23-30(36)34(15-7-9-24(35)12-19-42-18-5-2)16-17-40-31(37)13-20-43-21-14-33-39/h3-4,8,10-11,22H,5,7,9,12-21,23H2,1-2H3/b8-4-. The Hall–Kier alpha value is -3.14. The Morgan fingerprint density at radius 3 is 2.59 bits per heavy atom. The molecular formula is C32H40N2O7S3. The highest BCUT2D eigenvalue weighted by Gasteiger charge is 2.17. The molecule has 0 saturated carbocycles. The summed E-state index contributed by atoms with van der Waals surface area (Å²) in [5, 5.41) is 3.23. The molecule has 0 N–H and O–H groups in total. The second-order valence-corrected chi connectivity index (χ2v) is 13.1. The van der Waals surface area contributed by atoms with Crippen molar-refractivity contribution in [3.63, 3.8) is 0 Å². The van der Waals surface area contributed by atoms with Gasteiger partial charge in [-0.15, -0.1) is 17.8 Å². The van der Waals surface area contributed by atoms with Gasteiger partial charge in [0.25, 0.3) is 5.91 Å². The van der Waals surface area contributed by atoms with Crippen LogP contribution in [0.4, 0.5) is 0 Å². The van der Waals surface area contributed by atoms with E-state index in [1.54, 1.807) is 42.1 Å². The van der Waals surface area contributed by atoms with Gasteiger partial charge < -0.3 is 14.4 Å². The van der Waals surface area contributed by atoms with Crippen LogP contribution in [0.3, 0.4) is 0 Å². The average molecular weight is 661 g/mol. The number of benzene rings is 1. The number of allylic oxidation sites excluding steroid dienone is 1. The first-order chi connectivity index (χ1) is 21.3. The third-order valence-electron chi connectivity index (χ3n) is 6.24. The number of hydrogen-bond donors (Lipinski definition) is 0. The zero-order valence-electron chi connectivity index (χ0n) is 25.3. The molecular weight excluding hydrogens is 621 g/mol. The van der Waals surface area contributed by atoms with E-state index >= 15 is 0 Å². The topological polar surface area (TPSA) is 119 Å². The zero-order chi connectivity index (χ0) is 32.2. The molecule has 9 nitrogen and oxygen atoms in total. The Bertz CT molecular complexity index is 1380. The van der Waals surface area contributed by atoms with Crippen molar-refractivity contribution in [2.75, 3.05) is 55.9 Å². The van der Waals surface area contributed by atoms with Gasteiger partial charge in [0, 0.05) is 52.3 Å². The van der Waals surface area contributed by atoms with Gasteiger partial charge in [0.2, 0.25) is 0 Å². The maximum absolute atomic E-state index is 13.2. The molecule has 0 aliphatic rings. The summed E-state index contributed by atoms with van der Waals surface area (Å²) in [5.41, 5.74) is 0.234. The fraction of sp³-hybridized carbons (Fsp3) is 0.500. The van der Waals surface area contributed by atoms with E-state index in [0.29, 0.717) is 58.9 Å². The molecule has 2 rings (SSSR count). The fourth-order valence-corrected chi connectivity index (χ4v) is 6.56. The van der Waals surface area contributed by atoms with E-state index in [1.165, 1.54) is 28.0 Å². The molecule has 0 unspecified atom stereocenters. The Morgan fingerprint density at radius 2 is 1.86 bits per heavy atom. The highest BCUT2D eigenvalue weighted by Crippen LogP contribution is 2.26. The lowest BCUT2D eigenvalue weighted by Gasteiger charge is -2.23. The Morgan fingerprint density at radius 1 is 1.09 bits per heavy atom. The predicted octanol–water partition coefficient (Wildman–Crippen LogP) is 5.80. The van der Waals surface area contributed by atoms with Gasteiger partial charge in [-0.1, -0.05) is 30.2 Å². The number of rotatable bonds is 22. The van der Waals surface area contributed by atoms with Gasteiger partial charge in [0.05, 0.1) is 24.4 Å². The van der Waals surface area contributed by atoms with Crippen molar-refractivity contribution < 1.29 is 23.9 Å². The number of fused-ring (bicyclic) bond motifs is 1. The lowest BCUT2D eigenvalue weighted by molar-refractivity contribution is -0.145. The molecule has 1 heterocycles. The first-order valence-corrected chi connectivity index (χ1v) is 17.7. The largest absolute Gasteiger partial charge is 0.484 e. The molecule has 0 fully saturated rings. The van der Waals surface area contributed by atoms with Gasteiger partial charge in [-0.25, -0.2) is 0 Å². The summed E-state index contributed by atoms with van der Waals surface area (Å²) in [7, 11) is 0. The quantitative estimate of drug-likeness (QED) is 0.0668. The summed E-state index contributed by atoms with van der Waals surface area (Å²) in [6.45, 7) is 4.30. The molecule has 0 atom stereocenters. The average Bonchev–Trinajstić information content (AvgIpc) is 3.02. The first-order valence-electron chi connectivity index (χ1n) is 14.6. The number of ketones is 1. The number of carbonyl (C=O) groups excluding carboxylic acids is 3. The van der Waals surface area contributed by atoms with E-state index in [9.17, 15) is 24.1 Å². The summed E-state index contributed by atoms with van der Waals surface area (Å²) >= 11 is 4.54. The van der Waals surface area contributed by atoms with Crippen LogP contribution in [0.5, 0.6) is 5.75 Å². The number of esters is 1. The van der Waals surface area contributed by atoms with E-state index < -0.39 is 5.97 Å². The minimum Gasteiger partial charge on any atom is -0.484 e. The van der Waals surface area contributed by atoms with Crippen LogP contribution in [0.1, 0.15) is 56.4 Å². The molecule has 0 aliphatic heterocycles. The first kappa shape index (κ1) is 37.0. The number of nitrogens with zero attached hydrogens (tertiary/aromatic N) is 2. The van der Waals surface area contributed by atoms with Crippen LogP contribution in [0.25, 0.3) is 16.2 Å². The molecule has 44 heavy (non-hydrogen) atoms. The maximum atomic E-state index is 13.2. The third kappa shape index (κ3) is 13.2. The molecule has 0 saturated heterocycles. The van der Waals surface area contributed by atoms with Crippen LogP contribution >= 0.6 is 34.9 Å². The number of terminal acetylenes is 1. The van der Waals surface area contributed by atoms with E-state index in [4.69, 9.17) is 15.9 Å². The SMILES string of the molecule is C#Cc1sc2ccc(OCC(=O)N(CCCC(=O)CCSCCC)CCOC(=O)CCSCCN=O)cc2c(=O)c1/C=C\C. The predicted molar refractivity (Wildman–Crippen MR) is 183 cm³/mol. The highest BCUT2D eigenvalue weighted by atomic mass is 32.2. The number of ether oxygens (including phenoxy) is 2. The van der Waals surface area contributed by atoms with E-state index in [-0.39, 0.29) is 49.8 Å². The molecule has 0 bridgehead atoms. The molecule has 0 radical (unpaired) electrons. The molecule has 12 heteroatoms.